The van der Waals surface area contributed by atoms with E-state index in [4.69, 9.17) is 22.8 Å². The van der Waals surface area contributed by atoms with Gasteiger partial charge in [0.05, 0.1) is 0 Å². The molecule has 2 saturated carbocycles. The summed E-state index contributed by atoms with van der Waals surface area (Å²) >= 11 is -0.826. The summed E-state index contributed by atoms with van der Waals surface area (Å²) in [4.78, 5) is 11.0. The zero-order valence-corrected chi connectivity index (χ0v) is 22.2. The summed E-state index contributed by atoms with van der Waals surface area (Å²) in [7, 11) is 10.6. The molecule has 29 heavy (non-hydrogen) atoms. The molecule has 1 radical (unpaired) electrons. The Morgan fingerprint density at radius 3 is 2.41 bits per heavy atom. The Morgan fingerprint density at radius 1 is 1.24 bits per heavy atom. The topological polar surface area (TPSA) is 43.1 Å². The van der Waals surface area contributed by atoms with E-state index in [1.165, 1.54) is 28.7 Å². The molecule has 0 aromatic heterocycles. The quantitative estimate of drug-likeness (QED) is 0.316. The largest absolute Gasteiger partial charge is 0.179 e. The van der Waals surface area contributed by atoms with Gasteiger partial charge in [0.15, 0.2) is 5.91 Å². The van der Waals surface area contributed by atoms with Gasteiger partial charge in [-0.3, -0.25) is 4.79 Å². The van der Waals surface area contributed by atoms with Crippen LogP contribution in [-0.4, -0.2) is 15.4 Å². The minimum absolute atomic E-state index is 0.104. The SMILES string of the molecule is C[SiH]C.NC(=O)C12[CH-]CC(CC1)C2.[Cl][Zr+2][Cl].[c-]1cccc2c1Cc1ccccc1-2. The normalized spacial score (nSPS) is 21.7. The molecule has 0 aliphatic heterocycles. The molecule has 5 rings (SSSR count). The molecule has 6 heteroatoms. The smallest absolute Gasteiger partial charge is 0.0253 e. The maximum atomic E-state index is 11.0. The Balaban J connectivity index is 0.000000167. The minimum Gasteiger partial charge on any atom is -0.179 e. The molecule has 153 valence electrons. The summed E-state index contributed by atoms with van der Waals surface area (Å²) in [5.74, 6) is 0.667. The summed E-state index contributed by atoms with van der Waals surface area (Å²) in [6.45, 7) is 4.42. The summed E-state index contributed by atoms with van der Waals surface area (Å²) in [6.07, 6.45) is 7.54. The molecule has 2 aromatic rings. The van der Waals surface area contributed by atoms with Crippen LogP contribution in [0.5, 0.6) is 0 Å². The molecule has 1 amide bonds. The van der Waals surface area contributed by atoms with Crippen molar-refractivity contribution in [1.82, 2.24) is 0 Å². The van der Waals surface area contributed by atoms with Gasteiger partial charge in [0, 0.05) is 9.52 Å². The van der Waals surface area contributed by atoms with E-state index in [0.29, 0.717) is 0 Å². The number of amides is 1. The van der Waals surface area contributed by atoms with Gasteiger partial charge in [0.2, 0.25) is 0 Å². The average molecular weight is 525 g/mol. The molecule has 2 atom stereocenters. The van der Waals surface area contributed by atoms with Crippen LogP contribution in [0.1, 0.15) is 36.8 Å². The molecule has 0 saturated heterocycles. The van der Waals surface area contributed by atoms with E-state index in [0.717, 1.165) is 41.1 Å². The second-order valence-corrected chi connectivity index (χ2v) is 12.5. The van der Waals surface area contributed by atoms with Crippen LogP contribution in [0.4, 0.5) is 0 Å². The monoisotopic (exact) mass is 522 g/mol. The third kappa shape index (κ3) is 6.53. The Labute approximate surface area is 196 Å². The van der Waals surface area contributed by atoms with Gasteiger partial charge in [-0.25, -0.2) is 0 Å². The number of nitrogens with two attached hydrogens (primary N) is 1. The first-order chi connectivity index (χ1) is 14.0. The van der Waals surface area contributed by atoms with Crippen molar-refractivity contribution < 1.29 is 25.6 Å². The first-order valence-corrected chi connectivity index (χ1v) is 18.6. The number of hydrogen-bond donors (Lipinski definition) is 1. The van der Waals surface area contributed by atoms with Crippen molar-refractivity contribution in [1.29, 1.82) is 0 Å². The van der Waals surface area contributed by atoms with Crippen LogP contribution >= 0.6 is 17.0 Å². The van der Waals surface area contributed by atoms with Crippen LogP contribution in [-0.2, 0) is 32.1 Å². The van der Waals surface area contributed by atoms with Crippen LogP contribution in [0.15, 0.2) is 42.5 Å². The van der Waals surface area contributed by atoms with E-state index >= 15 is 0 Å². The van der Waals surface area contributed by atoms with Crippen molar-refractivity contribution in [2.24, 2.45) is 17.1 Å². The van der Waals surface area contributed by atoms with Crippen molar-refractivity contribution in [3.63, 3.8) is 0 Å². The van der Waals surface area contributed by atoms with E-state index in [-0.39, 0.29) is 11.3 Å². The molecule has 2 N–H and O–H groups in total. The second-order valence-electron chi connectivity index (χ2n) is 7.61. The number of hydrogen-bond acceptors (Lipinski definition) is 1. The molecule has 0 spiro atoms. The molecule has 2 nitrogen and oxygen atoms in total. The third-order valence-corrected chi connectivity index (χ3v) is 5.60. The first kappa shape index (κ1) is 24.9. The van der Waals surface area contributed by atoms with E-state index < -0.39 is 20.8 Å². The molecular weight excluding hydrogens is 496 g/mol. The molecule has 2 aromatic carbocycles. The fourth-order valence-corrected chi connectivity index (χ4v) is 4.28. The Bertz CT molecular complexity index is 748. The van der Waals surface area contributed by atoms with Gasteiger partial charge >= 0.3 is 37.9 Å². The van der Waals surface area contributed by atoms with Gasteiger partial charge < -0.3 is 12.2 Å². The van der Waals surface area contributed by atoms with Crippen LogP contribution in [0.2, 0.25) is 13.1 Å². The number of benzene rings is 2. The van der Waals surface area contributed by atoms with Gasteiger partial charge in [-0.15, -0.1) is 5.56 Å². The summed E-state index contributed by atoms with van der Waals surface area (Å²) < 4.78 is 0. The number of primary amides is 1. The first-order valence-electron chi connectivity index (χ1n) is 9.93. The predicted octanol–water partition coefficient (Wildman–Crippen LogP) is 5.82. The van der Waals surface area contributed by atoms with Crippen molar-refractivity contribution in [3.05, 3.63) is 66.1 Å². The standard InChI is InChI=1S/C13H9.C8H12NO.C2H7Si.2ClH.Zr/c1-3-7-12-10(5-1)9-11-6-2-4-8-13(11)12;9-7(10)8-3-1-6(5-8)2-4-8;1-3-2;;;/h1-5,7-8H,9H2;3,6H,1-2,4-5H2,(H2,9,10);3H,1-2H3;2*1H;/q2*-1;;;;+4/p-2. The molecule has 2 fully saturated rings. The number of carbonyl (C=O) groups excluding carboxylic acids is 1. The van der Waals surface area contributed by atoms with Gasteiger partial charge in [-0.1, -0.05) is 79.1 Å². The number of carbonyl (C=O) groups is 1. The summed E-state index contributed by atoms with van der Waals surface area (Å²) in [5, 5.41) is 0. The van der Waals surface area contributed by atoms with E-state index in [9.17, 15) is 4.79 Å². The fraction of sp³-hybridized carbons (Fsp3) is 0.391. The Morgan fingerprint density at radius 2 is 1.90 bits per heavy atom. The zero-order chi connectivity index (χ0) is 21.3. The van der Waals surface area contributed by atoms with Gasteiger partial charge in [-0.2, -0.15) is 36.2 Å². The average Bonchev–Trinajstić information content (AvgIpc) is 3.43. The van der Waals surface area contributed by atoms with Crippen LogP contribution in [0.3, 0.4) is 0 Å². The van der Waals surface area contributed by atoms with Gasteiger partial charge in [0.25, 0.3) is 0 Å². The van der Waals surface area contributed by atoms with Crippen LogP contribution in [0.25, 0.3) is 11.1 Å². The molecule has 2 unspecified atom stereocenters. The second kappa shape index (κ2) is 12.4. The van der Waals surface area contributed by atoms with Crippen molar-refractivity contribution in [2.75, 3.05) is 0 Å². The zero-order valence-electron chi connectivity index (χ0n) is 17.1. The Hall–Kier alpha value is -0.410. The predicted molar refractivity (Wildman–Crippen MR) is 122 cm³/mol. The van der Waals surface area contributed by atoms with Crippen molar-refractivity contribution in [2.45, 2.75) is 45.2 Å². The van der Waals surface area contributed by atoms with Crippen LogP contribution in [0, 0.1) is 23.8 Å². The van der Waals surface area contributed by atoms with Gasteiger partial charge in [-0.05, 0) is 6.42 Å². The summed E-state index contributed by atoms with van der Waals surface area (Å²) in [5.41, 5.74) is 10.6. The molecule has 2 bridgehead atoms. The molecule has 3 aliphatic carbocycles. The fourth-order valence-electron chi connectivity index (χ4n) is 4.28. The minimum atomic E-state index is -0.826. The van der Waals surface area contributed by atoms with E-state index in [1.807, 2.05) is 6.07 Å². The van der Waals surface area contributed by atoms with Gasteiger partial charge in [0.1, 0.15) is 0 Å². The number of halogens is 2. The van der Waals surface area contributed by atoms with Crippen LogP contribution < -0.4 is 5.73 Å². The Kier molecular flexibility index (Phi) is 10.7. The number of rotatable bonds is 1. The molecule has 0 heterocycles. The number of fused-ring (bicyclic) bond motifs is 5. The third-order valence-electron chi connectivity index (χ3n) is 5.60. The van der Waals surface area contributed by atoms with Crippen molar-refractivity contribution in [3.8, 4) is 11.1 Å². The van der Waals surface area contributed by atoms with E-state index in [1.54, 1.807) is 0 Å². The summed E-state index contributed by atoms with van der Waals surface area (Å²) in [6, 6.07) is 18.1. The molecular formula is C23H28Cl2NOSiZr. The molecule has 3 aliphatic rings. The maximum Gasteiger partial charge on any atom is -0.0253 e. The van der Waals surface area contributed by atoms with E-state index in [2.05, 4.69) is 62.0 Å². The van der Waals surface area contributed by atoms with Crippen molar-refractivity contribution >= 4 is 32.5 Å². The maximum absolute atomic E-state index is 11.0.